The van der Waals surface area contributed by atoms with Crippen molar-refractivity contribution in [2.45, 2.75) is 0 Å². The van der Waals surface area contributed by atoms with Crippen molar-refractivity contribution in [1.82, 2.24) is 9.80 Å². The van der Waals surface area contributed by atoms with Crippen LogP contribution in [0, 0.1) is 0 Å². The van der Waals surface area contributed by atoms with Gasteiger partial charge in [0, 0.05) is 39.3 Å². The molecule has 0 aromatic rings. The van der Waals surface area contributed by atoms with E-state index in [9.17, 15) is 0 Å². The Balaban J connectivity index is 0. The summed E-state index contributed by atoms with van der Waals surface area (Å²) in [5.74, 6) is 0. The summed E-state index contributed by atoms with van der Waals surface area (Å²) in [6.45, 7) is 6.62. The Kier molecular flexibility index (Phi) is 10.1. The van der Waals surface area contributed by atoms with E-state index < -0.39 is 0 Å². The summed E-state index contributed by atoms with van der Waals surface area (Å²) < 4.78 is 0. The molecule has 5 heteroatoms. The van der Waals surface area contributed by atoms with Crippen LogP contribution in [-0.2, 0) is 0 Å². The first-order chi connectivity index (χ1) is 4.83. The smallest absolute Gasteiger partial charge is 0.0110 e. The quantitative estimate of drug-likeness (QED) is 0.707. The van der Waals surface area contributed by atoms with E-state index in [2.05, 4.69) is 16.8 Å². The molecular weight excluding hydrogens is 197 g/mol. The first-order valence-electron chi connectivity index (χ1n) is 3.94. The zero-order chi connectivity index (χ0) is 7.40. The number of hydrogen-bond acceptors (Lipinski definition) is 3. The monoisotopic (exact) mass is 215 g/mol. The molecule has 3 nitrogen and oxygen atoms in total. The molecule has 1 aliphatic heterocycles. The van der Waals surface area contributed by atoms with Crippen molar-refractivity contribution in [3.8, 4) is 0 Å². The average Bonchev–Trinajstić information content (AvgIpc) is 1.95. The van der Waals surface area contributed by atoms with Gasteiger partial charge in [-0.1, -0.05) is 0 Å². The molecule has 0 aliphatic carbocycles. The topological polar surface area (TPSA) is 32.5 Å². The Morgan fingerprint density at radius 3 is 2.00 bits per heavy atom. The normalized spacial score (nSPS) is 19.5. The molecule has 0 amide bonds. The highest BCUT2D eigenvalue weighted by Crippen LogP contribution is 1.96. The fourth-order valence-corrected chi connectivity index (χ4v) is 1.25. The highest BCUT2D eigenvalue weighted by atomic mass is 35.5. The number of hydrogen-bond donors (Lipinski definition) is 1. The molecule has 1 heterocycles. The van der Waals surface area contributed by atoms with Gasteiger partial charge >= 0.3 is 0 Å². The molecule has 0 radical (unpaired) electrons. The number of halogens is 2. The van der Waals surface area contributed by atoms with Gasteiger partial charge in [0.15, 0.2) is 0 Å². The van der Waals surface area contributed by atoms with E-state index in [1.807, 2.05) is 0 Å². The molecule has 76 valence electrons. The zero-order valence-corrected chi connectivity index (χ0v) is 9.16. The third-order valence-corrected chi connectivity index (χ3v) is 2.04. The van der Waals surface area contributed by atoms with Crippen molar-refractivity contribution in [3.63, 3.8) is 0 Å². The Morgan fingerprint density at radius 1 is 1.08 bits per heavy atom. The molecule has 1 rings (SSSR count). The molecule has 0 bridgehead atoms. The van der Waals surface area contributed by atoms with Gasteiger partial charge in [-0.15, -0.1) is 24.8 Å². The van der Waals surface area contributed by atoms with Crippen LogP contribution in [0.15, 0.2) is 0 Å². The largest absolute Gasteiger partial charge is 0.329 e. The summed E-state index contributed by atoms with van der Waals surface area (Å²) >= 11 is 0. The number of rotatable bonds is 2. The maximum atomic E-state index is 5.44. The second-order valence-electron chi connectivity index (χ2n) is 2.93. The number of nitrogens with two attached hydrogens (primary N) is 1. The summed E-state index contributed by atoms with van der Waals surface area (Å²) in [6.07, 6.45) is 0. The third kappa shape index (κ3) is 5.17. The van der Waals surface area contributed by atoms with Crippen molar-refractivity contribution in [2.24, 2.45) is 5.73 Å². The predicted molar refractivity (Wildman–Crippen MR) is 57.5 cm³/mol. The van der Waals surface area contributed by atoms with Crippen LogP contribution in [0.2, 0.25) is 0 Å². The molecule has 0 aromatic carbocycles. The first kappa shape index (κ1) is 15.0. The minimum atomic E-state index is 0. The summed E-state index contributed by atoms with van der Waals surface area (Å²) in [4.78, 5) is 4.77. The standard InChI is InChI=1S/C7H17N3.2ClH/c1-9-4-6-10(3-2-8)7-5-9;;/h2-8H2,1H3;2*1H. The molecule has 0 aromatic heterocycles. The summed E-state index contributed by atoms with van der Waals surface area (Å²) in [7, 11) is 2.17. The van der Waals surface area contributed by atoms with E-state index >= 15 is 0 Å². The summed E-state index contributed by atoms with van der Waals surface area (Å²) in [6, 6.07) is 0. The predicted octanol–water partition coefficient (Wildman–Crippen LogP) is 0.0361. The fraction of sp³-hybridized carbons (Fsp3) is 1.00. The summed E-state index contributed by atoms with van der Waals surface area (Å²) in [5.41, 5.74) is 5.44. The van der Waals surface area contributed by atoms with Gasteiger partial charge in [-0.05, 0) is 7.05 Å². The van der Waals surface area contributed by atoms with Crippen LogP contribution >= 0.6 is 24.8 Å². The van der Waals surface area contributed by atoms with Crippen LogP contribution in [0.1, 0.15) is 0 Å². The highest BCUT2D eigenvalue weighted by molar-refractivity contribution is 5.85. The van der Waals surface area contributed by atoms with Gasteiger partial charge in [0.05, 0.1) is 0 Å². The van der Waals surface area contributed by atoms with Gasteiger partial charge in [0.2, 0.25) is 0 Å². The Bertz CT molecular complexity index is 94.7. The minimum absolute atomic E-state index is 0. The maximum Gasteiger partial charge on any atom is 0.0110 e. The lowest BCUT2D eigenvalue weighted by atomic mass is 10.3. The van der Waals surface area contributed by atoms with E-state index in [-0.39, 0.29) is 24.8 Å². The van der Waals surface area contributed by atoms with Crippen LogP contribution in [0.5, 0.6) is 0 Å². The highest BCUT2D eigenvalue weighted by Gasteiger charge is 2.11. The van der Waals surface area contributed by atoms with Crippen LogP contribution in [0.25, 0.3) is 0 Å². The SMILES string of the molecule is CN1CCN(CCN)CC1.Cl.Cl. The number of nitrogens with zero attached hydrogens (tertiary/aromatic N) is 2. The van der Waals surface area contributed by atoms with Crippen LogP contribution in [0.4, 0.5) is 0 Å². The van der Waals surface area contributed by atoms with Gasteiger partial charge in [0.1, 0.15) is 0 Å². The Morgan fingerprint density at radius 2 is 1.58 bits per heavy atom. The molecular formula is C7H19Cl2N3. The van der Waals surface area contributed by atoms with E-state index in [4.69, 9.17) is 5.73 Å². The number of piperazine rings is 1. The second-order valence-corrected chi connectivity index (χ2v) is 2.93. The van der Waals surface area contributed by atoms with E-state index in [0.717, 1.165) is 13.1 Å². The summed E-state index contributed by atoms with van der Waals surface area (Å²) in [5, 5.41) is 0. The molecule has 12 heavy (non-hydrogen) atoms. The van der Waals surface area contributed by atoms with E-state index in [1.165, 1.54) is 26.2 Å². The van der Waals surface area contributed by atoms with Crippen molar-refractivity contribution >= 4 is 24.8 Å². The second kappa shape index (κ2) is 8.08. The van der Waals surface area contributed by atoms with Gasteiger partial charge < -0.3 is 10.6 Å². The maximum absolute atomic E-state index is 5.44. The zero-order valence-electron chi connectivity index (χ0n) is 7.53. The van der Waals surface area contributed by atoms with Gasteiger partial charge in [-0.3, -0.25) is 4.90 Å². The average molecular weight is 216 g/mol. The lowest BCUT2D eigenvalue weighted by Gasteiger charge is -2.31. The van der Waals surface area contributed by atoms with Crippen molar-refractivity contribution < 1.29 is 0 Å². The van der Waals surface area contributed by atoms with Crippen LogP contribution < -0.4 is 5.73 Å². The Labute approximate surface area is 87.1 Å². The molecule has 0 saturated carbocycles. The van der Waals surface area contributed by atoms with E-state index in [0.29, 0.717) is 0 Å². The van der Waals surface area contributed by atoms with Gasteiger partial charge in [-0.2, -0.15) is 0 Å². The molecule has 1 fully saturated rings. The van der Waals surface area contributed by atoms with Gasteiger partial charge in [0.25, 0.3) is 0 Å². The van der Waals surface area contributed by atoms with Gasteiger partial charge in [-0.25, -0.2) is 0 Å². The van der Waals surface area contributed by atoms with Crippen molar-refractivity contribution in [1.29, 1.82) is 0 Å². The molecule has 2 N–H and O–H groups in total. The van der Waals surface area contributed by atoms with E-state index in [1.54, 1.807) is 0 Å². The third-order valence-electron chi connectivity index (χ3n) is 2.04. The van der Waals surface area contributed by atoms with Crippen molar-refractivity contribution in [2.75, 3.05) is 46.3 Å². The first-order valence-corrected chi connectivity index (χ1v) is 3.94. The molecule has 0 spiro atoms. The molecule has 0 unspecified atom stereocenters. The van der Waals surface area contributed by atoms with Crippen LogP contribution in [-0.4, -0.2) is 56.1 Å². The lowest BCUT2D eigenvalue weighted by molar-refractivity contribution is 0.157. The lowest BCUT2D eigenvalue weighted by Crippen LogP contribution is -2.45. The Hall–Kier alpha value is 0.460. The fourth-order valence-electron chi connectivity index (χ4n) is 1.25. The molecule has 1 saturated heterocycles. The molecule has 0 atom stereocenters. The van der Waals surface area contributed by atoms with Crippen molar-refractivity contribution in [3.05, 3.63) is 0 Å². The number of likely N-dealkylation sites (N-methyl/N-ethyl adjacent to an activating group) is 1. The van der Waals surface area contributed by atoms with Crippen LogP contribution in [0.3, 0.4) is 0 Å². The minimum Gasteiger partial charge on any atom is -0.329 e. The molecule has 1 aliphatic rings.